The molecule has 0 radical (unpaired) electrons. The Morgan fingerprint density at radius 3 is 2.50 bits per heavy atom. The van der Waals surface area contributed by atoms with E-state index < -0.39 is 0 Å². The number of hydrogen-bond donors (Lipinski definition) is 3. The highest BCUT2D eigenvalue weighted by molar-refractivity contribution is 6.08. The van der Waals surface area contributed by atoms with E-state index in [1.54, 1.807) is 48.8 Å². The van der Waals surface area contributed by atoms with Gasteiger partial charge in [0.2, 0.25) is 0 Å². The number of rotatable bonds is 4. The van der Waals surface area contributed by atoms with Crippen LogP contribution in [0.3, 0.4) is 0 Å². The van der Waals surface area contributed by atoms with Crippen LogP contribution in [-0.2, 0) is 0 Å². The minimum absolute atomic E-state index is 0.257. The molecule has 0 saturated carbocycles. The van der Waals surface area contributed by atoms with Gasteiger partial charge in [-0.2, -0.15) is 0 Å². The smallest absolute Gasteiger partial charge is 0.272 e. The van der Waals surface area contributed by atoms with E-state index in [4.69, 9.17) is 0 Å². The van der Waals surface area contributed by atoms with Crippen molar-refractivity contribution in [3.8, 4) is 0 Å². The van der Waals surface area contributed by atoms with Crippen molar-refractivity contribution >= 4 is 34.1 Å². The number of aromatic amines is 1. The van der Waals surface area contributed by atoms with E-state index in [9.17, 15) is 9.59 Å². The van der Waals surface area contributed by atoms with Crippen LogP contribution in [-0.4, -0.2) is 21.8 Å². The molecule has 2 heterocycles. The van der Waals surface area contributed by atoms with Gasteiger partial charge in [0.15, 0.2) is 0 Å². The summed E-state index contributed by atoms with van der Waals surface area (Å²) in [5.74, 6) is -0.522. The van der Waals surface area contributed by atoms with Crippen molar-refractivity contribution < 1.29 is 9.59 Å². The first-order valence-electron chi connectivity index (χ1n) is 8.81. The molecule has 4 aromatic rings. The zero-order valence-corrected chi connectivity index (χ0v) is 15.2. The van der Waals surface area contributed by atoms with Gasteiger partial charge in [-0.15, -0.1) is 0 Å². The SMILES string of the molecule is Cc1ccc(NC(=O)c2cc3ccccc3[nH]2)cc1C(=O)Nc1cccnc1. The maximum absolute atomic E-state index is 12.6. The van der Waals surface area contributed by atoms with Crippen LogP contribution in [0.5, 0.6) is 0 Å². The summed E-state index contributed by atoms with van der Waals surface area (Å²) >= 11 is 0. The number of H-pyrrole nitrogens is 1. The largest absolute Gasteiger partial charge is 0.351 e. The molecule has 0 spiro atoms. The van der Waals surface area contributed by atoms with Gasteiger partial charge in [-0.25, -0.2) is 0 Å². The zero-order valence-electron chi connectivity index (χ0n) is 15.2. The Bertz CT molecular complexity index is 1130. The van der Waals surface area contributed by atoms with Crippen molar-refractivity contribution in [1.29, 1.82) is 0 Å². The number of aryl methyl sites for hydroxylation is 1. The minimum Gasteiger partial charge on any atom is -0.351 e. The molecule has 0 aliphatic heterocycles. The number of anilines is 2. The molecule has 28 heavy (non-hydrogen) atoms. The Kier molecular flexibility index (Phi) is 4.60. The molecular weight excluding hydrogens is 352 g/mol. The van der Waals surface area contributed by atoms with Crippen molar-refractivity contribution in [2.75, 3.05) is 10.6 Å². The molecule has 0 atom stereocenters. The molecule has 4 rings (SSSR count). The number of fused-ring (bicyclic) bond motifs is 1. The van der Waals surface area contributed by atoms with Gasteiger partial charge in [-0.1, -0.05) is 24.3 Å². The molecule has 2 amide bonds. The highest BCUT2D eigenvalue weighted by atomic mass is 16.2. The third-order valence-corrected chi connectivity index (χ3v) is 4.43. The third-order valence-electron chi connectivity index (χ3n) is 4.43. The number of aromatic nitrogens is 2. The van der Waals surface area contributed by atoms with Crippen LogP contribution in [0.1, 0.15) is 26.4 Å². The summed E-state index contributed by atoms with van der Waals surface area (Å²) in [6, 6.07) is 18.3. The van der Waals surface area contributed by atoms with Gasteiger partial charge in [-0.05, 0) is 48.9 Å². The van der Waals surface area contributed by atoms with Gasteiger partial charge in [0, 0.05) is 28.4 Å². The van der Waals surface area contributed by atoms with E-state index in [1.807, 2.05) is 31.2 Å². The lowest BCUT2D eigenvalue weighted by Gasteiger charge is -2.10. The average Bonchev–Trinajstić information content (AvgIpc) is 3.14. The van der Waals surface area contributed by atoms with Crippen LogP contribution < -0.4 is 10.6 Å². The van der Waals surface area contributed by atoms with Crippen molar-refractivity contribution in [2.45, 2.75) is 6.92 Å². The van der Waals surface area contributed by atoms with Crippen molar-refractivity contribution in [1.82, 2.24) is 9.97 Å². The summed E-state index contributed by atoms with van der Waals surface area (Å²) in [4.78, 5) is 32.3. The minimum atomic E-state index is -0.265. The molecule has 6 nitrogen and oxygen atoms in total. The van der Waals surface area contributed by atoms with Crippen LogP contribution in [0.15, 0.2) is 73.1 Å². The molecule has 6 heteroatoms. The first-order chi connectivity index (χ1) is 13.6. The second-order valence-corrected chi connectivity index (χ2v) is 6.45. The zero-order chi connectivity index (χ0) is 19.5. The number of amides is 2. The molecule has 138 valence electrons. The Morgan fingerprint density at radius 1 is 0.893 bits per heavy atom. The monoisotopic (exact) mass is 370 g/mol. The normalized spacial score (nSPS) is 10.6. The molecule has 2 aromatic heterocycles. The van der Waals surface area contributed by atoms with Crippen molar-refractivity contribution in [3.63, 3.8) is 0 Å². The Morgan fingerprint density at radius 2 is 1.71 bits per heavy atom. The first kappa shape index (κ1) is 17.5. The highest BCUT2D eigenvalue weighted by Crippen LogP contribution is 2.19. The predicted octanol–water partition coefficient (Wildman–Crippen LogP) is 4.38. The Balaban J connectivity index is 1.54. The highest BCUT2D eigenvalue weighted by Gasteiger charge is 2.13. The van der Waals surface area contributed by atoms with E-state index in [-0.39, 0.29) is 11.8 Å². The average molecular weight is 370 g/mol. The van der Waals surface area contributed by atoms with E-state index in [0.717, 1.165) is 16.5 Å². The molecule has 0 aliphatic rings. The lowest BCUT2D eigenvalue weighted by molar-refractivity contribution is 0.101. The second kappa shape index (κ2) is 7.36. The third kappa shape index (κ3) is 3.61. The molecule has 3 N–H and O–H groups in total. The first-order valence-corrected chi connectivity index (χ1v) is 8.81. The number of benzene rings is 2. The van der Waals surface area contributed by atoms with Gasteiger partial charge >= 0.3 is 0 Å². The van der Waals surface area contributed by atoms with Crippen LogP contribution >= 0.6 is 0 Å². The summed E-state index contributed by atoms with van der Waals surface area (Å²) in [7, 11) is 0. The van der Waals surface area contributed by atoms with Gasteiger partial charge in [0.25, 0.3) is 11.8 Å². The fraction of sp³-hybridized carbons (Fsp3) is 0.0455. The number of nitrogens with zero attached hydrogens (tertiary/aromatic N) is 1. The molecule has 0 saturated heterocycles. The number of carbonyl (C=O) groups is 2. The van der Waals surface area contributed by atoms with Crippen molar-refractivity contribution in [2.24, 2.45) is 0 Å². The Labute approximate surface area is 161 Å². The second-order valence-electron chi connectivity index (χ2n) is 6.45. The van der Waals surface area contributed by atoms with Crippen LogP contribution in [0.4, 0.5) is 11.4 Å². The van der Waals surface area contributed by atoms with Crippen LogP contribution in [0, 0.1) is 6.92 Å². The van der Waals surface area contributed by atoms with Crippen LogP contribution in [0.2, 0.25) is 0 Å². The molecular formula is C22H18N4O2. The number of hydrogen-bond acceptors (Lipinski definition) is 3. The van der Waals surface area contributed by atoms with E-state index in [1.165, 1.54) is 0 Å². The standard InChI is InChI=1S/C22H18N4O2/c1-14-8-9-16(12-18(14)21(27)25-17-6-4-10-23-13-17)24-22(28)20-11-15-5-2-3-7-19(15)26-20/h2-13,26H,1H3,(H,24,28)(H,25,27). The predicted molar refractivity (Wildman–Crippen MR) is 110 cm³/mol. The topological polar surface area (TPSA) is 86.9 Å². The number of para-hydroxylation sites is 1. The van der Waals surface area contributed by atoms with Crippen LogP contribution in [0.25, 0.3) is 10.9 Å². The summed E-state index contributed by atoms with van der Waals surface area (Å²) in [6.07, 6.45) is 3.22. The quantitative estimate of drug-likeness (QED) is 0.498. The summed E-state index contributed by atoms with van der Waals surface area (Å²) in [5, 5.41) is 6.62. The number of pyridine rings is 1. The fourth-order valence-corrected chi connectivity index (χ4v) is 2.97. The summed E-state index contributed by atoms with van der Waals surface area (Å²) in [6.45, 7) is 1.85. The molecule has 0 bridgehead atoms. The van der Waals surface area contributed by atoms with Crippen molar-refractivity contribution in [3.05, 3.63) is 89.9 Å². The molecule has 0 aliphatic carbocycles. The maximum Gasteiger partial charge on any atom is 0.272 e. The molecule has 0 fully saturated rings. The van der Waals surface area contributed by atoms with Gasteiger partial charge in [-0.3, -0.25) is 14.6 Å². The molecule has 2 aromatic carbocycles. The lowest BCUT2D eigenvalue weighted by atomic mass is 10.1. The summed E-state index contributed by atoms with van der Waals surface area (Å²) < 4.78 is 0. The number of carbonyl (C=O) groups excluding carboxylic acids is 2. The van der Waals surface area contributed by atoms with E-state index in [0.29, 0.717) is 22.6 Å². The maximum atomic E-state index is 12.6. The van der Waals surface area contributed by atoms with Gasteiger partial charge in [0.05, 0.1) is 11.9 Å². The number of nitrogens with one attached hydrogen (secondary N) is 3. The van der Waals surface area contributed by atoms with Gasteiger partial charge in [0.1, 0.15) is 5.69 Å². The lowest BCUT2D eigenvalue weighted by Crippen LogP contribution is -2.16. The fourth-order valence-electron chi connectivity index (χ4n) is 2.97. The Hall–Kier alpha value is -3.93. The van der Waals surface area contributed by atoms with Gasteiger partial charge < -0.3 is 15.6 Å². The molecule has 0 unspecified atom stereocenters. The van der Waals surface area contributed by atoms with E-state index >= 15 is 0 Å². The van der Waals surface area contributed by atoms with E-state index in [2.05, 4.69) is 20.6 Å². The summed E-state index contributed by atoms with van der Waals surface area (Å²) in [5.41, 5.74) is 3.81.